The predicted octanol–water partition coefficient (Wildman–Crippen LogP) is 2.82. The first-order chi connectivity index (χ1) is 10.9. The van der Waals surface area contributed by atoms with E-state index < -0.39 is 33.6 Å². The van der Waals surface area contributed by atoms with Crippen LogP contribution in [0.15, 0.2) is 10.3 Å². The van der Waals surface area contributed by atoms with E-state index in [1.807, 2.05) is 20.8 Å². The van der Waals surface area contributed by atoms with Gasteiger partial charge < -0.3 is 15.7 Å². The Morgan fingerprint density at radius 2 is 2.12 bits per heavy atom. The van der Waals surface area contributed by atoms with Gasteiger partial charge in [0, 0.05) is 12.6 Å². The van der Waals surface area contributed by atoms with Crippen molar-refractivity contribution in [1.82, 2.24) is 9.62 Å². The van der Waals surface area contributed by atoms with Crippen molar-refractivity contribution in [2.24, 2.45) is 5.41 Å². The van der Waals surface area contributed by atoms with Gasteiger partial charge in [0.2, 0.25) is 0 Å². The number of nitrogen functional groups attached to an aromatic ring is 1. The summed E-state index contributed by atoms with van der Waals surface area (Å²) in [5, 5.41) is 9.47. The number of halogens is 1. The number of thiophene rings is 1. The topological polar surface area (TPSA) is 113 Å². The van der Waals surface area contributed by atoms with Gasteiger partial charge in [-0.15, -0.1) is 11.3 Å². The number of nitrogens with zero attached hydrogens (tertiary/aromatic N) is 1. The number of anilines is 1. The summed E-state index contributed by atoms with van der Waals surface area (Å²) in [4.78, 5) is 12.9. The van der Waals surface area contributed by atoms with Crippen LogP contribution in [-0.4, -0.2) is 43.1 Å². The highest BCUT2D eigenvalue weighted by Gasteiger charge is 2.43. The second-order valence-corrected chi connectivity index (χ2v) is 10.5. The number of rotatable bonds is 3. The molecule has 2 heterocycles. The molecule has 0 aliphatic carbocycles. The lowest BCUT2D eigenvalue weighted by Gasteiger charge is -2.46. The van der Waals surface area contributed by atoms with Crippen molar-refractivity contribution in [3.8, 4) is 0 Å². The van der Waals surface area contributed by atoms with Crippen LogP contribution >= 0.6 is 22.9 Å². The molecule has 24 heavy (non-hydrogen) atoms. The minimum Gasteiger partial charge on any atom is -0.465 e. The maximum absolute atomic E-state index is 12.7. The molecule has 1 aromatic heterocycles. The Morgan fingerprint density at radius 1 is 1.50 bits per heavy atom. The van der Waals surface area contributed by atoms with Crippen LogP contribution < -0.4 is 10.5 Å². The average molecular weight is 396 g/mol. The van der Waals surface area contributed by atoms with Crippen LogP contribution in [0.2, 0.25) is 4.34 Å². The first-order valence-corrected chi connectivity index (χ1v) is 10.2. The average Bonchev–Trinajstić information content (AvgIpc) is 2.76. The lowest BCUT2D eigenvalue weighted by atomic mass is 9.78. The molecule has 1 aliphatic rings. The Balaban J connectivity index is 2.35. The largest absolute Gasteiger partial charge is 0.465 e. The molecule has 10 heteroatoms. The second kappa shape index (κ2) is 6.70. The highest BCUT2D eigenvalue weighted by Crippen LogP contribution is 2.36. The molecule has 0 radical (unpaired) electrons. The Morgan fingerprint density at radius 3 is 2.58 bits per heavy atom. The lowest BCUT2D eigenvalue weighted by Crippen LogP contribution is -2.61. The van der Waals surface area contributed by atoms with Gasteiger partial charge in [-0.3, -0.25) is 0 Å². The Labute approximate surface area is 150 Å². The van der Waals surface area contributed by atoms with E-state index >= 15 is 0 Å². The Hall–Kier alpha value is -1.03. The molecule has 136 valence electrons. The predicted molar refractivity (Wildman–Crippen MR) is 95.1 cm³/mol. The number of carbonyl (C=O) groups is 1. The molecule has 1 fully saturated rings. The molecule has 1 unspecified atom stereocenters. The SMILES string of the molecule is CC(C)(C)C1[C@@H](NS(=O)(=O)c2sc(Cl)cc2N)CCCN1C(=O)O. The van der Waals surface area contributed by atoms with Crippen LogP contribution in [-0.2, 0) is 10.0 Å². The zero-order valence-electron chi connectivity index (χ0n) is 13.7. The van der Waals surface area contributed by atoms with Gasteiger partial charge in [-0.25, -0.2) is 17.9 Å². The Kier molecular flexibility index (Phi) is 5.39. The maximum atomic E-state index is 12.7. The highest BCUT2D eigenvalue weighted by molar-refractivity contribution is 7.91. The lowest BCUT2D eigenvalue weighted by molar-refractivity contribution is 0.0434. The van der Waals surface area contributed by atoms with E-state index in [1.54, 1.807) is 0 Å². The van der Waals surface area contributed by atoms with E-state index in [0.29, 0.717) is 19.4 Å². The molecular weight excluding hydrogens is 374 g/mol. The van der Waals surface area contributed by atoms with E-state index in [4.69, 9.17) is 17.3 Å². The minimum atomic E-state index is -3.87. The molecule has 2 atom stereocenters. The number of amides is 1. The summed E-state index contributed by atoms with van der Waals surface area (Å²) >= 11 is 6.73. The van der Waals surface area contributed by atoms with Gasteiger partial charge >= 0.3 is 6.09 Å². The molecule has 0 saturated carbocycles. The molecule has 7 nitrogen and oxygen atoms in total. The van der Waals surface area contributed by atoms with Gasteiger partial charge in [-0.05, 0) is 24.3 Å². The highest BCUT2D eigenvalue weighted by atomic mass is 35.5. The number of nitrogens with two attached hydrogens (primary N) is 1. The minimum absolute atomic E-state index is 0.0346. The van der Waals surface area contributed by atoms with E-state index in [2.05, 4.69) is 4.72 Å². The van der Waals surface area contributed by atoms with Gasteiger partial charge in [-0.2, -0.15) is 0 Å². The smallest absolute Gasteiger partial charge is 0.407 e. The van der Waals surface area contributed by atoms with Crippen molar-refractivity contribution in [3.05, 3.63) is 10.4 Å². The summed E-state index contributed by atoms with van der Waals surface area (Å²) in [7, 11) is -3.87. The zero-order chi connectivity index (χ0) is 18.3. The van der Waals surface area contributed by atoms with Gasteiger partial charge in [-0.1, -0.05) is 32.4 Å². The summed E-state index contributed by atoms with van der Waals surface area (Å²) in [6.07, 6.45) is 0.106. The van der Waals surface area contributed by atoms with Crippen molar-refractivity contribution < 1.29 is 18.3 Å². The van der Waals surface area contributed by atoms with Gasteiger partial charge in [0.05, 0.1) is 16.1 Å². The first-order valence-electron chi connectivity index (χ1n) is 7.50. The maximum Gasteiger partial charge on any atom is 0.407 e. The fraction of sp³-hybridized carbons (Fsp3) is 0.643. The molecule has 1 aliphatic heterocycles. The van der Waals surface area contributed by atoms with Crippen molar-refractivity contribution in [1.29, 1.82) is 0 Å². The number of sulfonamides is 1. The molecule has 2 rings (SSSR count). The summed E-state index contributed by atoms with van der Waals surface area (Å²) < 4.78 is 28.3. The normalized spacial score (nSPS) is 22.6. The summed E-state index contributed by atoms with van der Waals surface area (Å²) in [6, 6.07) is 0.391. The summed E-state index contributed by atoms with van der Waals surface area (Å²) in [6.45, 7) is 6.09. The van der Waals surface area contributed by atoms with E-state index in [1.165, 1.54) is 11.0 Å². The van der Waals surface area contributed by atoms with Crippen LogP contribution in [0.25, 0.3) is 0 Å². The van der Waals surface area contributed by atoms with Gasteiger partial charge in [0.15, 0.2) is 4.21 Å². The molecule has 1 saturated heterocycles. The first kappa shape index (κ1) is 19.3. The van der Waals surface area contributed by atoms with Crippen molar-refractivity contribution in [3.63, 3.8) is 0 Å². The molecule has 1 amide bonds. The standard InChI is InChI=1S/C14H22ClN3O4S2/c1-14(2,3)11-9(5-4-6-18(11)13(19)20)17-24(21,22)12-8(16)7-10(15)23-12/h7,9,11,17H,4-6,16H2,1-3H3,(H,19,20)/t9-,11?/m0/s1. The molecule has 4 N–H and O–H groups in total. The molecule has 1 aromatic rings. The van der Waals surface area contributed by atoms with Crippen LogP contribution in [0.5, 0.6) is 0 Å². The third-order valence-corrected chi connectivity index (χ3v) is 7.33. The Bertz CT molecular complexity index is 727. The quantitative estimate of drug-likeness (QED) is 0.728. The van der Waals surface area contributed by atoms with Crippen molar-refractivity contribution in [2.75, 3.05) is 12.3 Å². The van der Waals surface area contributed by atoms with E-state index in [9.17, 15) is 18.3 Å². The van der Waals surface area contributed by atoms with Crippen LogP contribution in [0, 0.1) is 5.41 Å². The fourth-order valence-electron chi connectivity index (χ4n) is 3.23. The van der Waals surface area contributed by atoms with Gasteiger partial charge in [0.1, 0.15) is 0 Å². The third kappa shape index (κ3) is 3.96. The number of carboxylic acid groups (broad SMARTS) is 1. The molecule has 0 spiro atoms. The monoisotopic (exact) mass is 395 g/mol. The summed E-state index contributed by atoms with van der Waals surface area (Å²) in [5.74, 6) is 0. The van der Waals surface area contributed by atoms with Crippen LogP contribution in [0.3, 0.4) is 0 Å². The number of likely N-dealkylation sites (tertiary alicyclic amines) is 1. The van der Waals surface area contributed by atoms with Crippen molar-refractivity contribution >= 4 is 44.7 Å². The second-order valence-electron chi connectivity index (χ2n) is 6.95. The zero-order valence-corrected chi connectivity index (χ0v) is 16.1. The third-order valence-electron chi connectivity index (χ3n) is 4.01. The fourth-order valence-corrected chi connectivity index (χ4v) is 6.23. The number of nitrogens with one attached hydrogen (secondary N) is 1. The van der Waals surface area contributed by atoms with E-state index in [-0.39, 0.29) is 14.2 Å². The van der Waals surface area contributed by atoms with Crippen LogP contribution in [0.4, 0.5) is 10.5 Å². The summed E-state index contributed by atoms with van der Waals surface area (Å²) in [5.41, 5.74) is 5.40. The van der Waals surface area contributed by atoms with Gasteiger partial charge in [0.25, 0.3) is 10.0 Å². The number of hydrogen-bond donors (Lipinski definition) is 3. The van der Waals surface area contributed by atoms with E-state index in [0.717, 1.165) is 11.3 Å². The number of piperidine rings is 1. The van der Waals surface area contributed by atoms with Crippen molar-refractivity contribution in [2.45, 2.75) is 49.9 Å². The van der Waals surface area contributed by atoms with Crippen LogP contribution in [0.1, 0.15) is 33.6 Å². The molecule has 0 bridgehead atoms. The number of hydrogen-bond acceptors (Lipinski definition) is 5. The molecular formula is C14H22ClN3O4S2. The molecule has 0 aromatic carbocycles.